The third-order valence-corrected chi connectivity index (χ3v) is 4.32. The van der Waals surface area contributed by atoms with Gasteiger partial charge in [0.15, 0.2) is 0 Å². The van der Waals surface area contributed by atoms with E-state index >= 15 is 0 Å². The predicted octanol–water partition coefficient (Wildman–Crippen LogP) is 3.83. The summed E-state index contributed by atoms with van der Waals surface area (Å²) in [5.41, 5.74) is 11.8. The van der Waals surface area contributed by atoms with Crippen molar-refractivity contribution in [2.75, 3.05) is 0 Å². The van der Waals surface area contributed by atoms with E-state index in [1.807, 2.05) is 12.1 Å². The van der Waals surface area contributed by atoms with Crippen LogP contribution in [0.3, 0.4) is 0 Å². The van der Waals surface area contributed by atoms with Gasteiger partial charge < -0.3 is 10.5 Å². The fraction of sp³-hybridized carbons (Fsp3) is 0.389. The van der Waals surface area contributed by atoms with E-state index in [1.54, 1.807) is 0 Å². The molecule has 0 unspecified atom stereocenters. The topological polar surface area (TPSA) is 48.1 Å². The highest BCUT2D eigenvalue weighted by Gasteiger charge is 2.16. The van der Waals surface area contributed by atoms with Crippen LogP contribution in [0.2, 0.25) is 0 Å². The van der Waals surface area contributed by atoms with Crippen molar-refractivity contribution in [3.8, 4) is 11.6 Å². The largest absolute Gasteiger partial charge is 0.438 e. The molecule has 110 valence electrons. The third-order valence-electron chi connectivity index (χ3n) is 4.32. The Bertz CT molecular complexity index is 665. The van der Waals surface area contributed by atoms with Crippen LogP contribution in [-0.2, 0) is 19.4 Å². The van der Waals surface area contributed by atoms with Crippen LogP contribution in [0.5, 0.6) is 11.6 Å². The van der Waals surface area contributed by atoms with Crippen molar-refractivity contribution in [1.82, 2.24) is 4.98 Å². The van der Waals surface area contributed by atoms with Gasteiger partial charge in [-0.05, 0) is 68.4 Å². The Labute approximate surface area is 126 Å². The second kappa shape index (κ2) is 5.86. The molecule has 1 heterocycles. The van der Waals surface area contributed by atoms with Crippen molar-refractivity contribution in [2.24, 2.45) is 5.73 Å². The van der Waals surface area contributed by atoms with Gasteiger partial charge in [-0.15, -0.1) is 0 Å². The lowest BCUT2D eigenvalue weighted by molar-refractivity contribution is 0.447. The maximum Gasteiger partial charge on any atom is 0.223 e. The number of nitrogens with zero attached hydrogens (tertiary/aromatic N) is 1. The van der Waals surface area contributed by atoms with Gasteiger partial charge in [-0.1, -0.05) is 12.1 Å². The number of rotatable bonds is 3. The Morgan fingerprint density at radius 2 is 2.00 bits per heavy atom. The van der Waals surface area contributed by atoms with Crippen LogP contribution in [0.1, 0.15) is 40.8 Å². The van der Waals surface area contributed by atoms with E-state index in [-0.39, 0.29) is 0 Å². The Kier molecular flexibility index (Phi) is 3.93. The highest BCUT2D eigenvalue weighted by Crippen LogP contribution is 2.31. The van der Waals surface area contributed by atoms with Gasteiger partial charge in [0.05, 0.1) is 0 Å². The van der Waals surface area contributed by atoms with E-state index in [4.69, 9.17) is 15.5 Å². The van der Waals surface area contributed by atoms with Crippen molar-refractivity contribution in [3.63, 3.8) is 0 Å². The van der Waals surface area contributed by atoms with Gasteiger partial charge in [0.2, 0.25) is 5.88 Å². The molecule has 0 aliphatic heterocycles. The van der Waals surface area contributed by atoms with Crippen molar-refractivity contribution < 1.29 is 4.74 Å². The molecule has 0 radical (unpaired) electrons. The van der Waals surface area contributed by atoms with Crippen LogP contribution in [0.25, 0.3) is 0 Å². The molecule has 1 aromatic heterocycles. The van der Waals surface area contributed by atoms with Crippen LogP contribution in [-0.4, -0.2) is 4.98 Å². The third kappa shape index (κ3) is 2.79. The zero-order valence-corrected chi connectivity index (χ0v) is 12.8. The smallest absolute Gasteiger partial charge is 0.223 e. The lowest BCUT2D eigenvalue weighted by atomic mass is 9.95. The molecule has 0 saturated carbocycles. The first-order valence-corrected chi connectivity index (χ1v) is 7.65. The van der Waals surface area contributed by atoms with Crippen LogP contribution in [0.15, 0.2) is 24.3 Å². The molecule has 1 aromatic carbocycles. The summed E-state index contributed by atoms with van der Waals surface area (Å²) in [4.78, 5) is 4.75. The van der Waals surface area contributed by atoms with Crippen molar-refractivity contribution in [3.05, 3.63) is 52.2 Å². The minimum atomic E-state index is 0.459. The lowest BCUT2D eigenvalue weighted by Gasteiger charge is -2.19. The monoisotopic (exact) mass is 282 g/mol. The quantitative estimate of drug-likeness (QED) is 0.930. The van der Waals surface area contributed by atoms with Gasteiger partial charge >= 0.3 is 0 Å². The number of benzene rings is 1. The van der Waals surface area contributed by atoms with Gasteiger partial charge in [-0.25, -0.2) is 4.98 Å². The van der Waals surface area contributed by atoms with E-state index < -0.39 is 0 Å². The molecule has 21 heavy (non-hydrogen) atoms. The van der Waals surface area contributed by atoms with Crippen LogP contribution in [0.4, 0.5) is 0 Å². The van der Waals surface area contributed by atoms with Gasteiger partial charge in [0.1, 0.15) is 5.75 Å². The molecule has 2 N–H and O–H groups in total. The molecule has 0 atom stereocenters. The number of nitrogens with two attached hydrogens (primary N) is 1. The average Bonchev–Trinajstić information content (AvgIpc) is 2.51. The van der Waals surface area contributed by atoms with Crippen molar-refractivity contribution in [2.45, 2.75) is 46.1 Å². The van der Waals surface area contributed by atoms with E-state index in [2.05, 4.69) is 26.0 Å². The number of ether oxygens (including phenoxy) is 1. The SMILES string of the molecule is Cc1cccc(Oc2nc3c(cc2CN)CCCC3)c1C. The molecule has 0 amide bonds. The first-order valence-electron chi connectivity index (χ1n) is 7.65. The predicted molar refractivity (Wildman–Crippen MR) is 84.8 cm³/mol. The molecule has 0 saturated heterocycles. The zero-order chi connectivity index (χ0) is 14.8. The van der Waals surface area contributed by atoms with E-state index in [1.165, 1.54) is 29.7 Å². The second-order valence-corrected chi connectivity index (χ2v) is 5.77. The summed E-state index contributed by atoms with van der Waals surface area (Å²) in [6.45, 7) is 4.62. The highest BCUT2D eigenvalue weighted by molar-refractivity contribution is 5.43. The maximum absolute atomic E-state index is 6.09. The molecule has 0 fully saturated rings. The molecule has 0 bridgehead atoms. The molecule has 3 heteroatoms. The fourth-order valence-electron chi connectivity index (χ4n) is 2.84. The summed E-state index contributed by atoms with van der Waals surface area (Å²) in [5.74, 6) is 1.54. The summed E-state index contributed by atoms with van der Waals surface area (Å²) >= 11 is 0. The lowest BCUT2D eigenvalue weighted by Crippen LogP contribution is -2.10. The first-order chi connectivity index (χ1) is 10.2. The summed E-state index contributed by atoms with van der Waals surface area (Å²) in [7, 11) is 0. The number of fused-ring (bicyclic) bond motifs is 1. The van der Waals surface area contributed by atoms with Gasteiger partial charge in [0, 0.05) is 17.8 Å². The molecule has 1 aliphatic rings. The highest BCUT2D eigenvalue weighted by atomic mass is 16.5. The Balaban J connectivity index is 1.99. The van der Waals surface area contributed by atoms with Gasteiger partial charge in [0.25, 0.3) is 0 Å². The van der Waals surface area contributed by atoms with Gasteiger partial charge in [-0.2, -0.15) is 0 Å². The molecule has 2 aromatic rings. The number of aromatic nitrogens is 1. The number of pyridine rings is 1. The molecule has 1 aliphatic carbocycles. The summed E-state index contributed by atoms with van der Waals surface area (Å²) in [6.07, 6.45) is 4.61. The maximum atomic E-state index is 6.09. The van der Waals surface area contributed by atoms with Crippen LogP contribution < -0.4 is 10.5 Å². The Hall–Kier alpha value is -1.87. The average molecular weight is 282 g/mol. The molecular formula is C18H22N2O. The first kappa shape index (κ1) is 14.1. The molecule has 3 rings (SSSR count). The number of hydrogen-bond acceptors (Lipinski definition) is 3. The minimum Gasteiger partial charge on any atom is -0.438 e. The Morgan fingerprint density at radius 1 is 1.19 bits per heavy atom. The second-order valence-electron chi connectivity index (χ2n) is 5.77. The summed E-state index contributed by atoms with van der Waals surface area (Å²) < 4.78 is 6.09. The van der Waals surface area contributed by atoms with Gasteiger partial charge in [-0.3, -0.25) is 0 Å². The standard InChI is InChI=1S/C18H22N2O/c1-12-6-5-9-17(13(12)2)21-18-15(11-19)10-14-7-3-4-8-16(14)20-18/h5-6,9-10H,3-4,7-8,11,19H2,1-2H3. The van der Waals surface area contributed by atoms with Crippen molar-refractivity contribution >= 4 is 0 Å². The van der Waals surface area contributed by atoms with Crippen LogP contribution >= 0.6 is 0 Å². The van der Waals surface area contributed by atoms with Crippen molar-refractivity contribution in [1.29, 1.82) is 0 Å². The summed E-state index contributed by atoms with van der Waals surface area (Å²) in [5, 5.41) is 0. The van der Waals surface area contributed by atoms with E-state index in [9.17, 15) is 0 Å². The number of hydrogen-bond donors (Lipinski definition) is 1. The Morgan fingerprint density at radius 3 is 2.81 bits per heavy atom. The summed E-state index contributed by atoms with van der Waals surface area (Å²) in [6, 6.07) is 8.27. The fourth-order valence-corrected chi connectivity index (χ4v) is 2.84. The normalized spacial score (nSPS) is 13.9. The molecular weight excluding hydrogens is 260 g/mol. The van der Waals surface area contributed by atoms with E-state index in [0.717, 1.165) is 29.7 Å². The molecule has 3 nitrogen and oxygen atoms in total. The number of aryl methyl sites for hydroxylation is 3. The van der Waals surface area contributed by atoms with E-state index in [0.29, 0.717) is 12.4 Å². The molecule has 0 spiro atoms. The van der Waals surface area contributed by atoms with Crippen LogP contribution in [0, 0.1) is 13.8 Å². The zero-order valence-electron chi connectivity index (χ0n) is 12.8. The minimum absolute atomic E-state index is 0.459.